The Kier molecular flexibility index (Phi) is 3.10. The number of nitrogens with two attached hydrogens (primary N) is 1. The molecule has 1 spiro atoms. The minimum absolute atomic E-state index is 0.0762. The van der Waals surface area contributed by atoms with E-state index in [1.165, 1.54) is 32.1 Å². The van der Waals surface area contributed by atoms with E-state index in [0.29, 0.717) is 6.10 Å². The van der Waals surface area contributed by atoms with Gasteiger partial charge in [-0.3, -0.25) is 0 Å². The highest BCUT2D eigenvalue weighted by atomic mass is 16.5. The summed E-state index contributed by atoms with van der Waals surface area (Å²) in [6.45, 7) is 0.0762. The average molecular weight is 199 g/mol. The summed E-state index contributed by atoms with van der Waals surface area (Å²) >= 11 is 0. The fraction of sp³-hybridized carbons (Fsp3) is 1.00. The average Bonchev–Trinajstić information content (AvgIpc) is 2.78. The van der Waals surface area contributed by atoms with Crippen LogP contribution in [0.15, 0.2) is 0 Å². The number of aliphatic hydroxyl groups excluding tert-OH is 1. The summed E-state index contributed by atoms with van der Waals surface area (Å²) < 4.78 is 6.09. The second-order valence-corrected chi connectivity index (χ2v) is 4.85. The molecule has 2 fully saturated rings. The largest absolute Gasteiger partial charge is 0.395 e. The summed E-state index contributed by atoms with van der Waals surface area (Å²) in [5.74, 6) is 0. The van der Waals surface area contributed by atoms with Crippen LogP contribution in [0.2, 0.25) is 0 Å². The number of rotatable bonds is 3. The van der Waals surface area contributed by atoms with Gasteiger partial charge >= 0.3 is 0 Å². The number of aliphatic hydroxyl groups is 1. The van der Waals surface area contributed by atoms with Crippen molar-refractivity contribution in [2.45, 2.75) is 62.7 Å². The molecule has 3 nitrogen and oxygen atoms in total. The molecule has 2 rings (SSSR count). The van der Waals surface area contributed by atoms with Crippen LogP contribution < -0.4 is 5.73 Å². The van der Waals surface area contributed by atoms with E-state index in [0.717, 1.165) is 12.8 Å². The third kappa shape index (κ3) is 2.10. The van der Waals surface area contributed by atoms with Gasteiger partial charge in [0.05, 0.1) is 18.3 Å². The van der Waals surface area contributed by atoms with Gasteiger partial charge in [-0.05, 0) is 32.1 Å². The third-order valence-electron chi connectivity index (χ3n) is 3.65. The summed E-state index contributed by atoms with van der Waals surface area (Å²) in [5, 5.41) is 8.87. The maximum Gasteiger partial charge on any atom is 0.0687 e. The van der Waals surface area contributed by atoms with Crippen LogP contribution in [0.25, 0.3) is 0 Å². The van der Waals surface area contributed by atoms with Gasteiger partial charge in [-0.15, -0.1) is 0 Å². The molecule has 0 amide bonds. The highest BCUT2D eigenvalue weighted by molar-refractivity contribution is 4.93. The standard InChI is InChI=1S/C11H21NO2/c12-9(8-13)7-10-3-6-11(14-10)4-1-2-5-11/h9-10,13H,1-8,12H2. The second kappa shape index (κ2) is 4.17. The van der Waals surface area contributed by atoms with Crippen LogP contribution in [0.1, 0.15) is 44.9 Å². The molecule has 0 aromatic heterocycles. The van der Waals surface area contributed by atoms with Gasteiger partial charge in [-0.1, -0.05) is 12.8 Å². The van der Waals surface area contributed by atoms with Crippen LogP contribution in [0, 0.1) is 0 Å². The van der Waals surface area contributed by atoms with E-state index in [9.17, 15) is 0 Å². The highest BCUT2D eigenvalue weighted by Crippen LogP contribution is 2.44. The second-order valence-electron chi connectivity index (χ2n) is 4.85. The molecule has 0 radical (unpaired) electrons. The smallest absolute Gasteiger partial charge is 0.0687 e. The van der Waals surface area contributed by atoms with E-state index in [4.69, 9.17) is 15.6 Å². The molecule has 3 N–H and O–H groups in total. The van der Waals surface area contributed by atoms with Crippen LogP contribution in [0.3, 0.4) is 0 Å². The Labute approximate surface area is 85.6 Å². The molecular weight excluding hydrogens is 178 g/mol. The zero-order chi connectivity index (χ0) is 10.0. The quantitative estimate of drug-likeness (QED) is 0.718. The van der Waals surface area contributed by atoms with E-state index >= 15 is 0 Å². The molecule has 1 saturated heterocycles. The predicted octanol–water partition coefficient (Wildman–Crippen LogP) is 1.19. The van der Waals surface area contributed by atoms with E-state index in [1.807, 2.05) is 0 Å². The number of hydrogen-bond acceptors (Lipinski definition) is 3. The zero-order valence-corrected chi connectivity index (χ0v) is 8.74. The number of hydrogen-bond donors (Lipinski definition) is 2. The fourth-order valence-electron chi connectivity index (χ4n) is 2.86. The molecular formula is C11H21NO2. The molecule has 0 aromatic carbocycles. The molecule has 1 saturated carbocycles. The van der Waals surface area contributed by atoms with Crippen LogP contribution in [-0.2, 0) is 4.74 Å². The monoisotopic (exact) mass is 199 g/mol. The Bertz CT molecular complexity index is 190. The first-order valence-corrected chi connectivity index (χ1v) is 5.78. The van der Waals surface area contributed by atoms with Gasteiger partial charge in [0.15, 0.2) is 0 Å². The van der Waals surface area contributed by atoms with E-state index in [2.05, 4.69) is 0 Å². The van der Waals surface area contributed by atoms with Crippen molar-refractivity contribution in [2.24, 2.45) is 5.73 Å². The minimum Gasteiger partial charge on any atom is -0.395 e. The third-order valence-corrected chi connectivity index (χ3v) is 3.65. The topological polar surface area (TPSA) is 55.5 Å². The molecule has 2 aliphatic rings. The van der Waals surface area contributed by atoms with Crippen molar-refractivity contribution in [3.05, 3.63) is 0 Å². The molecule has 1 heterocycles. The Balaban J connectivity index is 1.82. The van der Waals surface area contributed by atoms with Crippen LogP contribution in [0.5, 0.6) is 0 Å². The van der Waals surface area contributed by atoms with Gasteiger partial charge in [0.2, 0.25) is 0 Å². The molecule has 1 aliphatic carbocycles. The van der Waals surface area contributed by atoms with Gasteiger partial charge in [-0.2, -0.15) is 0 Å². The molecule has 82 valence electrons. The molecule has 1 aliphatic heterocycles. The Hall–Kier alpha value is -0.120. The van der Waals surface area contributed by atoms with Crippen LogP contribution in [0.4, 0.5) is 0 Å². The van der Waals surface area contributed by atoms with E-state index in [-0.39, 0.29) is 18.2 Å². The van der Waals surface area contributed by atoms with Crippen molar-refractivity contribution < 1.29 is 9.84 Å². The Morgan fingerprint density at radius 2 is 2.07 bits per heavy atom. The molecule has 0 bridgehead atoms. The maximum absolute atomic E-state index is 8.87. The number of ether oxygens (including phenoxy) is 1. The lowest BCUT2D eigenvalue weighted by Gasteiger charge is -2.24. The summed E-state index contributed by atoms with van der Waals surface area (Å²) in [7, 11) is 0. The SMILES string of the molecule is NC(CO)CC1CCC2(CCCC2)O1. The van der Waals surface area contributed by atoms with Crippen molar-refractivity contribution >= 4 is 0 Å². The van der Waals surface area contributed by atoms with Gasteiger partial charge in [0.25, 0.3) is 0 Å². The van der Waals surface area contributed by atoms with E-state index < -0.39 is 0 Å². The fourth-order valence-corrected chi connectivity index (χ4v) is 2.86. The zero-order valence-electron chi connectivity index (χ0n) is 8.74. The maximum atomic E-state index is 8.87. The highest BCUT2D eigenvalue weighted by Gasteiger charge is 2.42. The molecule has 14 heavy (non-hydrogen) atoms. The predicted molar refractivity (Wildman–Crippen MR) is 55.0 cm³/mol. The summed E-state index contributed by atoms with van der Waals surface area (Å²) in [6, 6.07) is -0.100. The lowest BCUT2D eigenvalue weighted by atomic mass is 9.97. The molecule has 2 atom stereocenters. The minimum atomic E-state index is -0.100. The molecule has 0 aromatic rings. The van der Waals surface area contributed by atoms with Crippen molar-refractivity contribution in [1.29, 1.82) is 0 Å². The van der Waals surface area contributed by atoms with E-state index in [1.54, 1.807) is 0 Å². The van der Waals surface area contributed by atoms with Crippen LogP contribution >= 0.6 is 0 Å². The van der Waals surface area contributed by atoms with Crippen LogP contribution in [-0.4, -0.2) is 29.5 Å². The van der Waals surface area contributed by atoms with Gasteiger partial charge in [0.1, 0.15) is 0 Å². The Morgan fingerprint density at radius 1 is 1.36 bits per heavy atom. The first kappa shape index (κ1) is 10.4. The van der Waals surface area contributed by atoms with Gasteiger partial charge in [0, 0.05) is 6.04 Å². The van der Waals surface area contributed by atoms with Crippen molar-refractivity contribution in [2.75, 3.05) is 6.61 Å². The van der Waals surface area contributed by atoms with Crippen molar-refractivity contribution in [1.82, 2.24) is 0 Å². The molecule has 3 heteroatoms. The van der Waals surface area contributed by atoms with Gasteiger partial charge in [-0.25, -0.2) is 0 Å². The first-order chi connectivity index (χ1) is 6.74. The van der Waals surface area contributed by atoms with Gasteiger partial charge < -0.3 is 15.6 Å². The summed E-state index contributed by atoms with van der Waals surface area (Å²) in [6.07, 6.45) is 8.56. The van der Waals surface area contributed by atoms with Crippen molar-refractivity contribution in [3.8, 4) is 0 Å². The lowest BCUT2D eigenvalue weighted by molar-refractivity contribution is -0.0423. The molecule has 2 unspecified atom stereocenters. The normalized spacial score (nSPS) is 32.6. The summed E-state index contributed by atoms with van der Waals surface area (Å²) in [4.78, 5) is 0. The Morgan fingerprint density at radius 3 is 2.71 bits per heavy atom. The first-order valence-electron chi connectivity index (χ1n) is 5.78. The van der Waals surface area contributed by atoms with Crippen molar-refractivity contribution in [3.63, 3.8) is 0 Å². The summed E-state index contributed by atoms with van der Waals surface area (Å²) in [5.41, 5.74) is 5.92. The lowest BCUT2D eigenvalue weighted by Crippen LogP contribution is -2.31.